The maximum absolute atomic E-state index is 12.3. The first kappa shape index (κ1) is 18.1. The van der Waals surface area contributed by atoms with Crippen molar-refractivity contribution in [3.05, 3.63) is 87.1 Å². The summed E-state index contributed by atoms with van der Waals surface area (Å²) >= 11 is 3.41. The molecule has 0 unspecified atom stereocenters. The molecule has 0 saturated heterocycles. The Morgan fingerprint density at radius 1 is 1.19 bits per heavy atom. The highest BCUT2D eigenvalue weighted by Crippen LogP contribution is 2.11. The van der Waals surface area contributed by atoms with Crippen LogP contribution in [0, 0.1) is 13.8 Å². The number of hydrazone groups is 1. The Bertz CT molecular complexity index is 962. The molecular weight excluding hydrogens is 392 g/mol. The van der Waals surface area contributed by atoms with E-state index in [1.165, 1.54) is 0 Å². The van der Waals surface area contributed by atoms with E-state index in [9.17, 15) is 4.79 Å². The number of rotatable bonds is 5. The Hall–Kier alpha value is -2.73. The summed E-state index contributed by atoms with van der Waals surface area (Å²) in [7, 11) is 0. The van der Waals surface area contributed by atoms with Gasteiger partial charge in [0.15, 0.2) is 0 Å². The lowest BCUT2D eigenvalue weighted by atomic mass is 10.1. The van der Waals surface area contributed by atoms with E-state index in [1.54, 1.807) is 12.3 Å². The van der Waals surface area contributed by atoms with Gasteiger partial charge in [0.05, 0.1) is 18.5 Å². The van der Waals surface area contributed by atoms with Crippen molar-refractivity contribution in [2.75, 3.05) is 0 Å². The fraction of sp³-hybridized carbons (Fsp3) is 0.150. The number of carbonyl (C=O) groups is 1. The van der Waals surface area contributed by atoms with Crippen LogP contribution in [0.3, 0.4) is 0 Å². The smallest absolute Gasteiger partial charge is 0.267 e. The van der Waals surface area contributed by atoms with Crippen LogP contribution in [0.5, 0.6) is 0 Å². The molecule has 3 rings (SSSR count). The first-order valence-electron chi connectivity index (χ1n) is 8.20. The summed E-state index contributed by atoms with van der Waals surface area (Å²) in [5, 5.41) is 8.49. The number of hydrogen-bond donors (Lipinski definition) is 1. The Kier molecular flexibility index (Phi) is 5.63. The lowest BCUT2D eigenvalue weighted by Crippen LogP contribution is -2.18. The number of nitrogens with zero attached hydrogens (tertiary/aromatic N) is 3. The van der Waals surface area contributed by atoms with Gasteiger partial charge >= 0.3 is 0 Å². The van der Waals surface area contributed by atoms with Gasteiger partial charge in [-0.1, -0.05) is 40.2 Å². The zero-order valence-corrected chi connectivity index (χ0v) is 16.2. The molecule has 1 amide bonds. The minimum Gasteiger partial charge on any atom is -0.267 e. The second kappa shape index (κ2) is 8.10. The number of hydrogen-bond acceptors (Lipinski definition) is 3. The largest absolute Gasteiger partial charge is 0.271 e. The lowest BCUT2D eigenvalue weighted by Gasteiger charge is -2.06. The van der Waals surface area contributed by atoms with Crippen LogP contribution in [0.1, 0.15) is 32.9 Å². The predicted molar refractivity (Wildman–Crippen MR) is 106 cm³/mol. The summed E-state index contributed by atoms with van der Waals surface area (Å²) in [6.45, 7) is 4.62. The second-order valence-electron chi connectivity index (χ2n) is 6.04. The summed E-state index contributed by atoms with van der Waals surface area (Å²) in [6.07, 6.45) is 1.61. The average molecular weight is 411 g/mol. The molecule has 0 aliphatic carbocycles. The van der Waals surface area contributed by atoms with Gasteiger partial charge < -0.3 is 0 Å². The molecule has 0 aliphatic heterocycles. The van der Waals surface area contributed by atoms with Crippen molar-refractivity contribution in [1.82, 2.24) is 15.2 Å². The van der Waals surface area contributed by atoms with Crippen molar-refractivity contribution >= 4 is 28.1 Å². The van der Waals surface area contributed by atoms with Gasteiger partial charge in [0.2, 0.25) is 0 Å². The molecule has 1 heterocycles. The van der Waals surface area contributed by atoms with Crippen molar-refractivity contribution in [2.45, 2.75) is 20.4 Å². The van der Waals surface area contributed by atoms with Crippen LogP contribution >= 0.6 is 15.9 Å². The minimum atomic E-state index is -0.244. The minimum absolute atomic E-state index is 0.244. The Morgan fingerprint density at radius 3 is 2.73 bits per heavy atom. The Labute approximate surface area is 160 Å². The number of carbonyl (C=O) groups excluding carboxylic acids is 1. The van der Waals surface area contributed by atoms with Gasteiger partial charge in [-0.25, -0.2) is 5.43 Å². The highest BCUT2D eigenvalue weighted by atomic mass is 79.9. The lowest BCUT2D eigenvalue weighted by molar-refractivity contribution is 0.0955. The van der Waals surface area contributed by atoms with Gasteiger partial charge in [-0.3, -0.25) is 9.48 Å². The molecule has 1 N–H and O–H groups in total. The molecule has 2 aromatic carbocycles. The molecule has 0 radical (unpaired) electrons. The van der Waals surface area contributed by atoms with Crippen molar-refractivity contribution in [2.24, 2.45) is 5.10 Å². The quantitative estimate of drug-likeness (QED) is 0.508. The molecule has 26 heavy (non-hydrogen) atoms. The molecule has 5 nitrogen and oxygen atoms in total. The van der Waals surface area contributed by atoms with E-state index in [1.807, 2.05) is 67.1 Å². The summed E-state index contributed by atoms with van der Waals surface area (Å²) in [4.78, 5) is 12.3. The number of aromatic nitrogens is 2. The Balaban J connectivity index is 1.67. The first-order chi connectivity index (χ1) is 12.5. The topological polar surface area (TPSA) is 59.3 Å². The van der Waals surface area contributed by atoms with Gasteiger partial charge in [-0.05, 0) is 55.3 Å². The number of aryl methyl sites for hydroxylation is 2. The highest BCUT2D eigenvalue weighted by Gasteiger charge is 2.07. The SMILES string of the molecule is Cc1cc(C)n(Cc2cccc(C(=O)N/N=C/c3cccc(Br)c3)c2)n1. The van der Waals surface area contributed by atoms with E-state index >= 15 is 0 Å². The molecule has 0 fully saturated rings. The van der Waals surface area contributed by atoms with E-state index < -0.39 is 0 Å². The fourth-order valence-electron chi connectivity index (χ4n) is 2.64. The standard InChI is InChI=1S/C20H19BrN4O/c1-14-9-15(2)25(24-14)13-17-6-3-7-18(10-17)20(26)23-22-12-16-5-4-8-19(21)11-16/h3-12H,13H2,1-2H3,(H,23,26)/b22-12+. The van der Waals surface area contributed by atoms with Crippen molar-refractivity contribution in [1.29, 1.82) is 0 Å². The predicted octanol–water partition coefficient (Wildman–Crippen LogP) is 4.07. The van der Waals surface area contributed by atoms with Crippen molar-refractivity contribution in [3.8, 4) is 0 Å². The van der Waals surface area contributed by atoms with Crippen LogP contribution in [0.25, 0.3) is 0 Å². The number of nitrogens with one attached hydrogen (secondary N) is 1. The molecule has 132 valence electrons. The molecule has 6 heteroatoms. The number of amides is 1. The van der Waals surface area contributed by atoms with Gasteiger partial charge in [-0.2, -0.15) is 10.2 Å². The fourth-order valence-corrected chi connectivity index (χ4v) is 3.05. The molecule has 0 aliphatic rings. The van der Waals surface area contributed by atoms with Crippen LogP contribution in [0.4, 0.5) is 0 Å². The molecule has 3 aromatic rings. The first-order valence-corrected chi connectivity index (χ1v) is 8.99. The summed E-state index contributed by atoms with van der Waals surface area (Å²) in [6, 6.07) is 17.2. The molecule has 0 atom stereocenters. The van der Waals surface area contributed by atoms with E-state index in [4.69, 9.17) is 0 Å². The van der Waals surface area contributed by atoms with Gasteiger partial charge in [0, 0.05) is 15.7 Å². The third-order valence-corrected chi connectivity index (χ3v) is 4.35. The van der Waals surface area contributed by atoms with Crippen LogP contribution in [0.15, 0.2) is 64.2 Å². The molecule has 0 saturated carbocycles. The van der Waals surface area contributed by atoms with E-state index in [0.717, 1.165) is 27.0 Å². The summed E-state index contributed by atoms with van der Waals surface area (Å²) < 4.78 is 2.89. The zero-order valence-electron chi connectivity index (χ0n) is 14.6. The van der Waals surface area contributed by atoms with Crippen LogP contribution in [-0.4, -0.2) is 21.9 Å². The molecule has 0 bridgehead atoms. The van der Waals surface area contributed by atoms with E-state index in [2.05, 4.69) is 31.6 Å². The molecular formula is C20H19BrN4O. The third kappa shape index (κ3) is 4.67. The second-order valence-corrected chi connectivity index (χ2v) is 6.95. The number of halogens is 1. The summed E-state index contributed by atoms with van der Waals surface area (Å²) in [5.74, 6) is -0.244. The maximum atomic E-state index is 12.3. The van der Waals surface area contributed by atoms with Gasteiger partial charge in [0.1, 0.15) is 0 Å². The number of benzene rings is 2. The zero-order chi connectivity index (χ0) is 18.5. The van der Waals surface area contributed by atoms with E-state index in [0.29, 0.717) is 12.1 Å². The monoisotopic (exact) mass is 410 g/mol. The van der Waals surface area contributed by atoms with Crippen LogP contribution in [-0.2, 0) is 6.54 Å². The normalized spacial score (nSPS) is 11.0. The van der Waals surface area contributed by atoms with E-state index in [-0.39, 0.29) is 5.91 Å². The summed E-state index contributed by atoms with van der Waals surface area (Å²) in [5.41, 5.74) is 7.12. The van der Waals surface area contributed by atoms with Crippen LogP contribution < -0.4 is 5.43 Å². The molecule has 1 aromatic heterocycles. The van der Waals surface area contributed by atoms with Crippen molar-refractivity contribution < 1.29 is 4.79 Å². The highest BCUT2D eigenvalue weighted by molar-refractivity contribution is 9.10. The third-order valence-electron chi connectivity index (χ3n) is 3.85. The average Bonchev–Trinajstić information content (AvgIpc) is 2.92. The van der Waals surface area contributed by atoms with Crippen molar-refractivity contribution in [3.63, 3.8) is 0 Å². The van der Waals surface area contributed by atoms with Gasteiger partial charge in [0.25, 0.3) is 5.91 Å². The Morgan fingerprint density at radius 2 is 2.00 bits per heavy atom. The molecule has 0 spiro atoms. The maximum Gasteiger partial charge on any atom is 0.271 e. The van der Waals surface area contributed by atoms with Crippen LogP contribution in [0.2, 0.25) is 0 Å². The van der Waals surface area contributed by atoms with Gasteiger partial charge in [-0.15, -0.1) is 0 Å².